The quantitative estimate of drug-likeness (QED) is 0.676. The number of nitrogens with two attached hydrogens (primary N) is 1. The number of nitrogen functional groups attached to an aromatic ring is 1. The van der Waals surface area contributed by atoms with Crippen LogP contribution in [0.4, 0.5) is 4.39 Å². The van der Waals surface area contributed by atoms with Crippen molar-refractivity contribution in [3.63, 3.8) is 0 Å². The molecular weight excluding hydrogens is 329 g/mol. The lowest BCUT2D eigenvalue weighted by Crippen LogP contribution is -2.40. The molecule has 3 rings (SSSR count). The van der Waals surface area contributed by atoms with Gasteiger partial charge >= 0.3 is 0 Å². The monoisotopic (exact) mass is 349 g/mol. The van der Waals surface area contributed by atoms with Crippen LogP contribution in [0, 0.1) is 11.7 Å². The minimum Gasteiger partial charge on any atom is -0.342 e. The van der Waals surface area contributed by atoms with E-state index in [0.717, 1.165) is 19.5 Å². The van der Waals surface area contributed by atoms with Crippen molar-refractivity contribution in [2.75, 3.05) is 24.7 Å². The number of aromatic nitrogens is 3. The van der Waals surface area contributed by atoms with E-state index < -0.39 is 0 Å². The Bertz CT molecular complexity index is 735. The number of nitrogens with zero attached hydrogens (tertiary/aromatic N) is 4. The Labute approximate surface area is 144 Å². The first kappa shape index (κ1) is 16.8. The Balaban J connectivity index is 1.65. The zero-order valence-corrected chi connectivity index (χ0v) is 14.3. The van der Waals surface area contributed by atoms with Crippen molar-refractivity contribution >= 4 is 17.7 Å². The van der Waals surface area contributed by atoms with E-state index in [-0.39, 0.29) is 17.5 Å². The van der Waals surface area contributed by atoms with E-state index in [2.05, 4.69) is 17.1 Å². The van der Waals surface area contributed by atoms with E-state index in [9.17, 15) is 9.18 Å². The molecule has 6 nitrogen and oxygen atoms in total. The first-order chi connectivity index (χ1) is 11.5. The van der Waals surface area contributed by atoms with Crippen molar-refractivity contribution in [3.8, 4) is 11.4 Å². The molecule has 1 aliphatic heterocycles. The molecule has 128 valence electrons. The molecule has 0 bridgehead atoms. The first-order valence-corrected chi connectivity index (χ1v) is 8.90. The summed E-state index contributed by atoms with van der Waals surface area (Å²) in [7, 11) is 0. The number of piperidine rings is 1. The van der Waals surface area contributed by atoms with Crippen molar-refractivity contribution < 1.29 is 9.18 Å². The van der Waals surface area contributed by atoms with Crippen LogP contribution in [0.1, 0.15) is 19.8 Å². The summed E-state index contributed by atoms with van der Waals surface area (Å²) in [6.07, 6.45) is 2.22. The summed E-state index contributed by atoms with van der Waals surface area (Å²) < 4.78 is 14.6. The van der Waals surface area contributed by atoms with Gasteiger partial charge in [-0.3, -0.25) is 4.79 Å². The molecule has 24 heavy (non-hydrogen) atoms. The molecular formula is C16H20FN5OS. The SMILES string of the molecule is C[C@@H]1CCCN(C(=O)CSc2nnc(-c3cccc(F)c3)n2N)C1. The third kappa shape index (κ3) is 3.69. The molecule has 1 aromatic carbocycles. The number of rotatable bonds is 4. The lowest BCUT2D eigenvalue weighted by molar-refractivity contribution is -0.130. The average molecular weight is 349 g/mol. The highest BCUT2D eigenvalue weighted by molar-refractivity contribution is 7.99. The molecule has 1 fully saturated rings. The van der Waals surface area contributed by atoms with Crippen LogP contribution in [0.2, 0.25) is 0 Å². The van der Waals surface area contributed by atoms with E-state index >= 15 is 0 Å². The maximum absolute atomic E-state index is 13.3. The second kappa shape index (κ2) is 7.21. The Morgan fingerprint density at radius 2 is 2.29 bits per heavy atom. The van der Waals surface area contributed by atoms with E-state index in [4.69, 9.17) is 5.84 Å². The summed E-state index contributed by atoms with van der Waals surface area (Å²) >= 11 is 1.25. The second-order valence-electron chi connectivity index (χ2n) is 6.06. The van der Waals surface area contributed by atoms with Crippen LogP contribution in [0.5, 0.6) is 0 Å². The zero-order chi connectivity index (χ0) is 17.1. The molecule has 2 aromatic rings. The molecule has 1 aliphatic rings. The van der Waals surface area contributed by atoms with Crippen LogP contribution in [-0.2, 0) is 4.79 Å². The smallest absolute Gasteiger partial charge is 0.233 e. The van der Waals surface area contributed by atoms with Gasteiger partial charge in [-0.15, -0.1) is 10.2 Å². The van der Waals surface area contributed by atoms with Crippen LogP contribution in [-0.4, -0.2) is 44.5 Å². The summed E-state index contributed by atoms with van der Waals surface area (Å²) in [4.78, 5) is 14.2. The number of amides is 1. The molecule has 0 spiro atoms. The molecule has 2 N–H and O–H groups in total. The molecule has 8 heteroatoms. The summed E-state index contributed by atoms with van der Waals surface area (Å²) in [5.41, 5.74) is 0.549. The highest BCUT2D eigenvalue weighted by Gasteiger charge is 2.22. The van der Waals surface area contributed by atoms with E-state index in [1.165, 1.54) is 35.0 Å². The van der Waals surface area contributed by atoms with Gasteiger partial charge in [0.15, 0.2) is 5.82 Å². The van der Waals surface area contributed by atoms with Crippen molar-refractivity contribution in [3.05, 3.63) is 30.1 Å². The van der Waals surface area contributed by atoms with E-state index in [1.54, 1.807) is 12.1 Å². The number of thioether (sulfide) groups is 1. The summed E-state index contributed by atoms with van der Waals surface area (Å²) in [5, 5.41) is 8.45. The van der Waals surface area contributed by atoms with Gasteiger partial charge in [-0.25, -0.2) is 9.07 Å². The molecule has 0 radical (unpaired) electrons. The van der Waals surface area contributed by atoms with Gasteiger partial charge in [-0.2, -0.15) is 0 Å². The van der Waals surface area contributed by atoms with Crippen LogP contribution >= 0.6 is 11.8 Å². The van der Waals surface area contributed by atoms with Gasteiger partial charge in [0, 0.05) is 18.7 Å². The average Bonchev–Trinajstić information content (AvgIpc) is 2.93. The Hall–Kier alpha value is -2.09. The molecule has 1 aromatic heterocycles. The Kier molecular flexibility index (Phi) is 5.03. The Morgan fingerprint density at radius 1 is 1.46 bits per heavy atom. The van der Waals surface area contributed by atoms with Gasteiger partial charge in [0.1, 0.15) is 5.82 Å². The molecule has 2 heterocycles. The number of benzene rings is 1. The normalized spacial score (nSPS) is 17.9. The van der Waals surface area contributed by atoms with Crippen molar-refractivity contribution in [2.45, 2.75) is 24.9 Å². The predicted octanol–water partition coefficient (Wildman–Crippen LogP) is 2.15. The van der Waals surface area contributed by atoms with Crippen molar-refractivity contribution in [1.82, 2.24) is 19.8 Å². The fraction of sp³-hybridized carbons (Fsp3) is 0.438. The molecule has 1 amide bonds. The largest absolute Gasteiger partial charge is 0.342 e. The number of hydrogen-bond acceptors (Lipinski definition) is 5. The molecule has 0 unspecified atom stereocenters. The Morgan fingerprint density at radius 3 is 3.04 bits per heavy atom. The number of carbonyl (C=O) groups excluding carboxylic acids is 1. The fourth-order valence-electron chi connectivity index (χ4n) is 2.83. The predicted molar refractivity (Wildman–Crippen MR) is 91.3 cm³/mol. The third-order valence-electron chi connectivity index (χ3n) is 4.08. The van der Waals surface area contributed by atoms with Crippen molar-refractivity contribution in [1.29, 1.82) is 0 Å². The maximum atomic E-state index is 13.3. The minimum atomic E-state index is -0.362. The second-order valence-corrected chi connectivity index (χ2v) is 7.00. The first-order valence-electron chi connectivity index (χ1n) is 7.91. The number of carbonyl (C=O) groups is 1. The zero-order valence-electron chi connectivity index (χ0n) is 13.5. The van der Waals surface area contributed by atoms with E-state index in [0.29, 0.717) is 22.5 Å². The minimum absolute atomic E-state index is 0.0851. The van der Waals surface area contributed by atoms with Crippen LogP contribution < -0.4 is 5.84 Å². The standard InChI is InChI=1S/C16H20FN5OS/c1-11-4-3-7-21(9-11)14(23)10-24-16-20-19-15(22(16)18)12-5-2-6-13(17)8-12/h2,5-6,8,11H,3-4,7,9-10,18H2,1H3/t11-/m1/s1. The molecule has 1 saturated heterocycles. The number of likely N-dealkylation sites (tertiary alicyclic amines) is 1. The highest BCUT2D eigenvalue weighted by atomic mass is 32.2. The van der Waals surface area contributed by atoms with E-state index in [1.807, 2.05) is 4.90 Å². The maximum Gasteiger partial charge on any atom is 0.233 e. The summed E-state index contributed by atoms with van der Waals surface area (Å²) in [5.74, 6) is 6.91. The van der Waals surface area contributed by atoms with Crippen molar-refractivity contribution in [2.24, 2.45) is 5.92 Å². The van der Waals surface area contributed by atoms with Gasteiger partial charge in [0.2, 0.25) is 11.1 Å². The number of halogens is 1. The number of hydrogen-bond donors (Lipinski definition) is 1. The van der Waals surface area contributed by atoms with Crippen LogP contribution in [0.25, 0.3) is 11.4 Å². The molecule has 0 saturated carbocycles. The van der Waals surface area contributed by atoms with Gasteiger partial charge in [0.05, 0.1) is 5.75 Å². The van der Waals surface area contributed by atoms with Gasteiger partial charge in [-0.05, 0) is 30.9 Å². The highest BCUT2D eigenvalue weighted by Crippen LogP contribution is 2.23. The summed E-state index contributed by atoms with van der Waals surface area (Å²) in [6.45, 7) is 3.78. The van der Waals surface area contributed by atoms with Gasteiger partial charge in [-0.1, -0.05) is 30.8 Å². The molecule has 0 aliphatic carbocycles. The van der Waals surface area contributed by atoms with Crippen LogP contribution in [0.3, 0.4) is 0 Å². The lowest BCUT2D eigenvalue weighted by atomic mass is 10.0. The summed E-state index contributed by atoms with van der Waals surface area (Å²) in [6, 6.07) is 6.01. The van der Waals surface area contributed by atoms with Gasteiger partial charge < -0.3 is 10.7 Å². The topological polar surface area (TPSA) is 77.0 Å². The fourth-order valence-corrected chi connectivity index (χ4v) is 3.59. The van der Waals surface area contributed by atoms with Gasteiger partial charge in [0.25, 0.3) is 0 Å². The van der Waals surface area contributed by atoms with Crippen LogP contribution in [0.15, 0.2) is 29.4 Å². The lowest BCUT2D eigenvalue weighted by Gasteiger charge is -2.30. The third-order valence-corrected chi connectivity index (χ3v) is 5.01. The molecule has 1 atom stereocenters.